The lowest BCUT2D eigenvalue weighted by atomic mass is 10.1. The summed E-state index contributed by atoms with van der Waals surface area (Å²) in [4.78, 5) is 2.22. The molecule has 0 saturated carbocycles. The lowest BCUT2D eigenvalue weighted by Crippen LogP contribution is -2.19. The predicted octanol–water partition coefficient (Wildman–Crippen LogP) is 4.55. The van der Waals surface area contributed by atoms with Crippen LogP contribution in [0.5, 0.6) is 0 Å². The van der Waals surface area contributed by atoms with Crippen LogP contribution in [0.15, 0.2) is 65.2 Å². The van der Waals surface area contributed by atoms with Gasteiger partial charge in [0.15, 0.2) is 0 Å². The highest BCUT2D eigenvalue weighted by atomic mass is 19.1. The first-order valence-electron chi connectivity index (χ1n) is 8.15. The number of hydrogen-bond acceptors (Lipinski definition) is 3. The summed E-state index contributed by atoms with van der Waals surface area (Å²) in [5.41, 5.74) is 3.07. The standard InChI is InChI=1S/C20H21FN2O/c1-23(15-16-9-11-18(21)12-10-16)13-5-8-19-14-20(22-24-19)17-6-3-2-4-7-17/h2-4,6-7,9-12,14H,5,8,13,15H2,1H3. The highest BCUT2D eigenvalue weighted by Crippen LogP contribution is 2.19. The lowest BCUT2D eigenvalue weighted by Gasteiger charge is -2.16. The van der Waals surface area contributed by atoms with Crippen molar-refractivity contribution < 1.29 is 8.91 Å². The van der Waals surface area contributed by atoms with Crippen molar-refractivity contribution in [1.82, 2.24) is 10.1 Å². The molecule has 0 atom stereocenters. The van der Waals surface area contributed by atoms with Crippen molar-refractivity contribution in [2.24, 2.45) is 0 Å². The fourth-order valence-electron chi connectivity index (χ4n) is 2.68. The highest BCUT2D eigenvalue weighted by molar-refractivity contribution is 5.58. The minimum absolute atomic E-state index is 0.194. The summed E-state index contributed by atoms with van der Waals surface area (Å²) in [6, 6.07) is 18.7. The Bertz CT molecular complexity index is 753. The van der Waals surface area contributed by atoms with Crippen LogP contribution in [-0.4, -0.2) is 23.6 Å². The Hall–Kier alpha value is -2.46. The van der Waals surface area contributed by atoms with E-state index in [2.05, 4.69) is 17.1 Å². The van der Waals surface area contributed by atoms with Crippen LogP contribution in [0.1, 0.15) is 17.7 Å². The number of aryl methyl sites for hydroxylation is 1. The van der Waals surface area contributed by atoms with Crippen LogP contribution in [0.3, 0.4) is 0 Å². The maximum absolute atomic E-state index is 12.9. The second kappa shape index (κ2) is 7.88. The van der Waals surface area contributed by atoms with Gasteiger partial charge < -0.3 is 9.42 Å². The maximum atomic E-state index is 12.9. The number of hydrogen-bond donors (Lipinski definition) is 0. The van der Waals surface area contributed by atoms with E-state index in [1.165, 1.54) is 12.1 Å². The average Bonchev–Trinajstić information content (AvgIpc) is 3.07. The molecule has 0 amide bonds. The first kappa shape index (κ1) is 16.4. The van der Waals surface area contributed by atoms with Crippen LogP contribution in [0.4, 0.5) is 4.39 Å². The fraction of sp³-hybridized carbons (Fsp3) is 0.250. The molecule has 0 aliphatic rings. The zero-order valence-electron chi connectivity index (χ0n) is 13.8. The number of benzene rings is 2. The minimum Gasteiger partial charge on any atom is -0.361 e. The first-order valence-corrected chi connectivity index (χ1v) is 8.15. The van der Waals surface area contributed by atoms with Crippen molar-refractivity contribution in [3.8, 4) is 11.3 Å². The van der Waals surface area contributed by atoms with Crippen LogP contribution in [-0.2, 0) is 13.0 Å². The Morgan fingerprint density at radius 1 is 1.04 bits per heavy atom. The van der Waals surface area contributed by atoms with Gasteiger partial charge >= 0.3 is 0 Å². The third-order valence-corrected chi connectivity index (χ3v) is 3.96. The molecule has 0 radical (unpaired) electrons. The largest absolute Gasteiger partial charge is 0.361 e. The normalized spacial score (nSPS) is 11.1. The molecule has 4 heteroatoms. The van der Waals surface area contributed by atoms with E-state index >= 15 is 0 Å². The minimum atomic E-state index is -0.194. The van der Waals surface area contributed by atoms with E-state index in [4.69, 9.17) is 4.52 Å². The average molecular weight is 324 g/mol. The molecule has 0 saturated heterocycles. The fourth-order valence-corrected chi connectivity index (χ4v) is 2.68. The smallest absolute Gasteiger partial charge is 0.137 e. The Labute approximate surface area is 141 Å². The summed E-state index contributed by atoms with van der Waals surface area (Å²) in [6.07, 6.45) is 1.84. The topological polar surface area (TPSA) is 29.3 Å². The predicted molar refractivity (Wildman–Crippen MR) is 93.0 cm³/mol. The van der Waals surface area contributed by atoms with Gasteiger partial charge in [0.2, 0.25) is 0 Å². The molecule has 124 valence electrons. The zero-order chi connectivity index (χ0) is 16.8. The summed E-state index contributed by atoms with van der Waals surface area (Å²) in [5.74, 6) is 0.713. The number of aromatic nitrogens is 1. The summed E-state index contributed by atoms with van der Waals surface area (Å²) >= 11 is 0. The second-order valence-electron chi connectivity index (χ2n) is 6.01. The molecule has 2 aromatic carbocycles. The summed E-state index contributed by atoms with van der Waals surface area (Å²) in [5, 5.41) is 4.14. The van der Waals surface area contributed by atoms with Crippen LogP contribution in [0.2, 0.25) is 0 Å². The molecule has 0 aliphatic carbocycles. The Morgan fingerprint density at radius 3 is 2.54 bits per heavy atom. The molecule has 0 fully saturated rings. The van der Waals surface area contributed by atoms with E-state index in [-0.39, 0.29) is 5.82 Å². The molecule has 0 spiro atoms. The molecule has 1 aromatic heterocycles. The van der Waals surface area contributed by atoms with Crippen molar-refractivity contribution in [3.63, 3.8) is 0 Å². The van der Waals surface area contributed by atoms with Gasteiger partial charge in [-0.05, 0) is 37.7 Å². The molecule has 0 unspecified atom stereocenters. The van der Waals surface area contributed by atoms with Gasteiger partial charge in [-0.25, -0.2) is 4.39 Å². The monoisotopic (exact) mass is 324 g/mol. The van der Waals surface area contributed by atoms with E-state index in [1.807, 2.05) is 48.5 Å². The number of halogens is 1. The van der Waals surface area contributed by atoms with Gasteiger partial charge in [-0.2, -0.15) is 0 Å². The van der Waals surface area contributed by atoms with Gasteiger partial charge in [-0.1, -0.05) is 47.6 Å². The van der Waals surface area contributed by atoms with Crippen LogP contribution in [0, 0.1) is 5.82 Å². The van der Waals surface area contributed by atoms with Crippen molar-refractivity contribution in [2.75, 3.05) is 13.6 Å². The first-order chi connectivity index (χ1) is 11.7. The van der Waals surface area contributed by atoms with Gasteiger partial charge in [0.25, 0.3) is 0 Å². The summed E-state index contributed by atoms with van der Waals surface area (Å²) < 4.78 is 18.3. The van der Waals surface area contributed by atoms with Crippen molar-refractivity contribution >= 4 is 0 Å². The Morgan fingerprint density at radius 2 is 1.79 bits per heavy atom. The van der Waals surface area contributed by atoms with Gasteiger partial charge in [0.05, 0.1) is 0 Å². The van der Waals surface area contributed by atoms with Crippen LogP contribution < -0.4 is 0 Å². The quantitative estimate of drug-likeness (QED) is 0.639. The van der Waals surface area contributed by atoms with Crippen molar-refractivity contribution in [2.45, 2.75) is 19.4 Å². The SMILES string of the molecule is CN(CCCc1cc(-c2ccccc2)no1)Cc1ccc(F)cc1. The summed E-state index contributed by atoms with van der Waals surface area (Å²) in [7, 11) is 2.07. The molecule has 0 N–H and O–H groups in total. The van der Waals surface area contributed by atoms with Gasteiger partial charge in [0.1, 0.15) is 17.3 Å². The van der Waals surface area contributed by atoms with E-state index in [9.17, 15) is 4.39 Å². The molecule has 3 nitrogen and oxygen atoms in total. The lowest BCUT2D eigenvalue weighted by molar-refractivity contribution is 0.312. The van der Waals surface area contributed by atoms with E-state index in [1.54, 1.807) is 0 Å². The van der Waals surface area contributed by atoms with E-state index in [0.717, 1.165) is 48.5 Å². The van der Waals surface area contributed by atoms with E-state index < -0.39 is 0 Å². The third kappa shape index (κ3) is 4.52. The third-order valence-electron chi connectivity index (χ3n) is 3.96. The van der Waals surface area contributed by atoms with Gasteiger partial charge in [-0.15, -0.1) is 0 Å². The zero-order valence-corrected chi connectivity index (χ0v) is 13.8. The van der Waals surface area contributed by atoms with Crippen LogP contribution >= 0.6 is 0 Å². The van der Waals surface area contributed by atoms with Crippen LogP contribution in [0.25, 0.3) is 11.3 Å². The van der Waals surface area contributed by atoms with Crippen molar-refractivity contribution in [3.05, 3.63) is 77.8 Å². The number of rotatable bonds is 7. The number of nitrogens with zero attached hydrogens (tertiary/aromatic N) is 2. The Balaban J connectivity index is 1.46. The highest BCUT2D eigenvalue weighted by Gasteiger charge is 2.07. The van der Waals surface area contributed by atoms with Crippen molar-refractivity contribution in [1.29, 1.82) is 0 Å². The maximum Gasteiger partial charge on any atom is 0.137 e. The summed E-state index contributed by atoms with van der Waals surface area (Å²) in [6.45, 7) is 1.75. The molecule has 24 heavy (non-hydrogen) atoms. The molecule has 3 aromatic rings. The van der Waals surface area contributed by atoms with Gasteiger partial charge in [0, 0.05) is 24.6 Å². The van der Waals surface area contributed by atoms with E-state index in [0.29, 0.717) is 0 Å². The molecule has 0 aliphatic heterocycles. The molecule has 1 heterocycles. The second-order valence-corrected chi connectivity index (χ2v) is 6.01. The Kier molecular flexibility index (Phi) is 5.39. The molecular weight excluding hydrogens is 303 g/mol. The molecular formula is C20H21FN2O. The molecule has 0 bridgehead atoms. The molecule has 3 rings (SSSR count). The van der Waals surface area contributed by atoms with Gasteiger partial charge in [-0.3, -0.25) is 0 Å².